The van der Waals surface area contributed by atoms with Gasteiger partial charge in [0.05, 0.1) is 17.8 Å². The molecule has 1 aromatic heterocycles. The van der Waals surface area contributed by atoms with E-state index in [1.54, 1.807) is 32.2 Å². The second kappa shape index (κ2) is 9.90. The number of allylic oxidation sites excluding steroid dienone is 1. The molecule has 1 N–H and O–H groups in total. The molecule has 0 spiro atoms. The maximum absolute atomic E-state index is 12.4. The number of nitro groups is 1. The first kappa shape index (κ1) is 22.0. The highest BCUT2D eigenvalue weighted by molar-refractivity contribution is 7.99. The number of benzene rings is 2. The van der Waals surface area contributed by atoms with E-state index in [0.29, 0.717) is 28.8 Å². The van der Waals surface area contributed by atoms with Crippen LogP contribution < -0.4 is 10.1 Å². The summed E-state index contributed by atoms with van der Waals surface area (Å²) in [5.41, 5.74) is 1.72. The number of rotatable bonds is 9. The summed E-state index contributed by atoms with van der Waals surface area (Å²) in [4.78, 5) is 23.0. The van der Waals surface area contributed by atoms with Crippen molar-refractivity contribution in [2.75, 3.05) is 18.2 Å². The van der Waals surface area contributed by atoms with Gasteiger partial charge in [-0.05, 0) is 37.3 Å². The highest BCUT2D eigenvalue weighted by Crippen LogP contribution is 2.26. The zero-order valence-corrected chi connectivity index (χ0v) is 17.9. The summed E-state index contributed by atoms with van der Waals surface area (Å²) >= 11 is 1.22. The molecule has 2 aromatic carbocycles. The SMILES string of the molecule is C=CCn1c(SCC(=O)Nc2ccc(C)c([N+](=O)[O-])c2)nnc1-c1ccc(OC)cc1. The molecule has 1 heterocycles. The Hall–Kier alpha value is -3.66. The molecular weight excluding hydrogens is 418 g/mol. The lowest BCUT2D eigenvalue weighted by Crippen LogP contribution is -2.15. The van der Waals surface area contributed by atoms with Crippen molar-refractivity contribution in [1.29, 1.82) is 0 Å². The third-order valence-electron chi connectivity index (χ3n) is 4.40. The van der Waals surface area contributed by atoms with Crippen molar-refractivity contribution in [3.05, 3.63) is 70.8 Å². The molecule has 10 heteroatoms. The molecule has 160 valence electrons. The van der Waals surface area contributed by atoms with Gasteiger partial charge in [-0.25, -0.2) is 0 Å². The Labute approximate surface area is 183 Å². The summed E-state index contributed by atoms with van der Waals surface area (Å²) < 4.78 is 7.05. The highest BCUT2D eigenvalue weighted by atomic mass is 32.2. The summed E-state index contributed by atoms with van der Waals surface area (Å²) in [7, 11) is 1.60. The Morgan fingerprint density at radius 2 is 2.03 bits per heavy atom. The van der Waals surface area contributed by atoms with Crippen LogP contribution in [-0.2, 0) is 11.3 Å². The molecule has 1 amide bonds. The lowest BCUT2D eigenvalue weighted by atomic mass is 10.2. The number of nitrogens with one attached hydrogen (secondary N) is 1. The Morgan fingerprint density at radius 3 is 2.68 bits per heavy atom. The van der Waals surface area contributed by atoms with Gasteiger partial charge in [0.2, 0.25) is 5.91 Å². The minimum Gasteiger partial charge on any atom is -0.497 e. The minimum absolute atomic E-state index is 0.0414. The van der Waals surface area contributed by atoms with Crippen LogP contribution in [0.25, 0.3) is 11.4 Å². The molecule has 0 unspecified atom stereocenters. The smallest absolute Gasteiger partial charge is 0.274 e. The fourth-order valence-electron chi connectivity index (χ4n) is 2.85. The number of nitro benzene ring substituents is 1. The first-order valence-corrected chi connectivity index (χ1v) is 10.3. The van der Waals surface area contributed by atoms with Crippen LogP contribution in [0.15, 0.2) is 60.3 Å². The number of ether oxygens (including phenoxy) is 1. The molecule has 31 heavy (non-hydrogen) atoms. The zero-order valence-electron chi connectivity index (χ0n) is 17.1. The van der Waals surface area contributed by atoms with Gasteiger partial charge in [0.25, 0.3) is 5.69 Å². The second-order valence-corrected chi connectivity index (χ2v) is 7.47. The molecule has 0 saturated carbocycles. The van der Waals surface area contributed by atoms with Gasteiger partial charge < -0.3 is 10.1 Å². The maximum atomic E-state index is 12.4. The van der Waals surface area contributed by atoms with Gasteiger partial charge in [-0.2, -0.15) is 0 Å². The number of hydrogen-bond donors (Lipinski definition) is 1. The Balaban J connectivity index is 1.71. The van der Waals surface area contributed by atoms with Gasteiger partial charge in [-0.1, -0.05) is 23.9 Å². The largest absolute Gasteiger partial charge is 0.497 e. The van der Waals surface area contributed by atoms with Gasteiger partial charge in [0, 0.05) is 29.4 Å². The number of thioether (sulfide) groups is 1. The van der Waals surface area contributed by atoms with E-state index in [1.807, 2.05) is 28.8 Å². The fraction of sp³-hybridized carbons (Fsp3) is 0.190. The van der Waals surface area contributed by atoms with Crippen molar-refractivity contribution < 1.29 is 14.5 Å². The number of amides is 1. The standard InChI is InChI=1S/C21H21N5O4S/c1-4-11-25-20(15-6-9-17(30-3)10-7-15)23-24-21(25)31-13-19(27)22-16-8-5-14(2)18(12-16)26(28)29/h4-10,12H,1,11,13H2,2-3H3,(H,22,27). The number of carbonyl (C=O) groups is 1. The third kappa shape index (κ3) is 5.28. The van der Waals surface area contributed by atoms with Crippen LogP contribution in [0.1, 0.15) is 5.56 Å². The van der Waals surface area contributed by atoms with Gasteiger partial charge in [-0.3, -0.25) is 19.5 Å². The quantitative estimate of drug-likeness (QED) is 0.231. The van der Waals surface area contributed by atoms with E-state index in [4.69, 9.17) is 4.74 Å². The molecule has 0 atom stereocenters. The van der Waals surface area contributed by atoms with Crippen LogP contribution in [0, 0.1) is 17.0 Å². The average molecular weight is 439 g/mol. The van der Waals surface area contributed by atoms with Crippen LogP contribution in [0.4, 0.5) is 11.4 Å². The number of methoxy groups -OCH3 is 1. The van der Waals surface area contributed by atoms with E-state index in [2.05, 4.69) is 22.1 Å². The van der Waals surface area contributed by atoms with Crippen LogP contribution in [0.3, 0.4) is 0 Å². The van der Waals surface area contributed by atoms with E-state index in [-0.39, 0.29) is 17.3 Å². The Kier molecular flexibility index (Phi) is 7.03. The van der Waals surface area contributed by atoms with Crippen molar-refractivity contribution in [2.24, 2.45) is 0 Å². The van der Waals surface area contributed by atoms with Crippen LogP contribution >= 0.6 is 11.8 Å². The number of aryl methyl sites for hydroxylation is 1. The first-order chi connectivity index (χ1) is 14.9. The topological polar surface area (TPSA) is 112 Å². The van der Waals surface area contributed by atoms with Gasteiger partial charge in [0.15, 0.2) is 11.0 Å². The fourth-order valence-corrected chi connectivity index (χ4v) is 3.60. The predicted molar refractivity (Wildman–Crippen MR) is 119 cm³/mol. The molecule has 0 aliphatic carbocycles. The van der Waals surface area contributed by atoms with Crippen LogP contribution in [0.5, 0.6) is 5.75 Å². The summed E-state index contributed by atoms with van der Waals surface area (Å²) in [6.45, 7) is 5.90. The monoisotopic (exact) mass is 439 g/mol. The lowest BCUT2D eigenvalue weighted by Gasteiger charge is -2.09. The summed E-state index contributed by atoms with van der Waals surface area (Å²) in [5, 5.41) is 22.8. The highest BCUT2D eigenvalue weighted by Gasteiger charge is 2.16. The molecule has 3 rings (SSSR count). The number of carbonyl (C=O) groups excluding carboxylic acids is 1. The van der Waals surface area contributed by atoms with E-state index in [0.717, 1.165) is 11.3 Å². The van der Waals surface area contributed by atoms with Crippen molar-refractivity contribution in [2.45, 2.75) is 18.6 Å². The minimum atomic E-state index is -0.474. The van der Waals surface area contributed by atoms with Gasteiger partial charge >= 0.3 is 0 Å². The predicted octanol–water partition coefficient (Wildman–Crippen LogP) is 4.09. The Morgan fingerprint density at radius 1 is 1.29 bits per heavy atom. The van der Waals surface area contributed by atoms with E-state index >= 15 is 0 Å². The normalized spacial score (nSPS) is 10.5. The summed E-state index contributed by atoms with van der Waals surface area (Å²) in [5.74, 6) is 1.16. The molecule has 0 radical (unpaired) electrons. The molecule has 0 fully saturated rings. The van der Waals surface area contributed by atoms with Crippen LogP contribution in [0.2, 0.25) is 0 Å². The van der Waals surface area contributed by atoms with Gasteiger partial charge in [-0.15, -0.1) is 16.8 Å². The lowest BCUT2D eigenvalue weighted by molar-refractivity contribution is -0.385. The van der Waals surface area contributed by atoms with Crippen molar-refractivity contribution in [3.8, 4) is 17.1 Å². The average Bonchev–Trinajstić information content (AvgIpc) is 3.16. The van der Waals surface area contributed by atoms with E-state index in [9.17, 15) is 14.9 Å². The molecule has 0 aliphatic heterocycles. The first-order valence-electron chi connectivity index (χ1n) is 9.29. The van der Waals surface area contributed by atoms with E-state index < -0.39 is 4.92 Å². The molecule has 3 aromatic rings. The molecule has 0 bridgehead atoms. The van der Waals surface area contributed by atoms with E-state index in [1.165, 1.54) is 17.8 Å². The third-order valence-corrected chi connectivity index (χ3v) is 5.37. The summed E-state index contributed by atoms with van der Waals surface area (Å²) in [6, 6.07) is 12.0. The molecule has 9 nitrogen and oxygen atoms in total. The Bertz CT molecular complexity index is 1110. The summed E-state index contributed by atoms with van der Waals surface area (Å²) in [6.07, 6.45) is 1.73. The number of nitrogens with zero attached hydrogens (tertiary/aromatic N) is 4. The van der Waals surface area contributed by atoms with Crippen molar-refractivity contribution >= 4 is 29.0 Å². The van der Waals surface area contributed by atoms with Gasteiger partial charge in [0.1, 0.15) is 5.75 Å². The number of anilines is 1. The molecular formula is C21H21N5O4S. The second-order valence-electron chi connectivity index (χ2n) is 6.53. The zero-order chi connectivity index (χ0) is 22.4. The maximum Gasteiger partial charge on any atom is 0.274 e. The van der Waals surface area contributed by atoms with Crippen LogP contribution in [-0.4, -0.2) is 38.5 Å². The van der Waals surface area contributed by atoms with Crippen molar-refractivity contribution in [1.82, 2.24) is 14.8 Å². The molecule has 0 saturated heterocycles. The number of aromatic nitrogens is 3. The van der Waals surface area contributed by atoms with Crippen molar-refractivity contribution in [3.63, 3.8) is 0 Å². The molecule has 0 aliphatic rings. The number of hydrogen-bond acceptors (Lipinski definition) is 7.